The number of carbonyl (C=O) groups excluding carboxylic acids is 2. The van der Waals surface area contributed by atoms with Gasteiger partial charge in [0.25, 0.3) is 0 Å². The zero-order chi connectivity index (χ0) is 14.7. The highest BCUT2D eigenvalue weighted by Gasteiger charge is 2.08. The van der Waals surface area contributed by atoms with E-state index in [-0.39, 0.29) is 12.5 Å². The number of rotatable bonds is 4. The molecule has 3 N–H and O–H groups in total. The van der Waals surface area contributed by atoms with Crippen molar-refractivity contribution >= 4 is 17.5 Å². The summed E-state index contributed by atoms with van der Waals surface area (Å²) in [5, 5.41) is 2.79. The highest BCUT2D eigenvalue weighted by atomic mass is 16.2. The van der Waals surface area contributed by atoms with Gasteiger partial charge in [0, 0.05) is 22.6 Å². The summed E-state index contributed by atoms with van der Waals surface area (Å²) < 4.78 is 1.94. The van der Waals surface area contributed by atoms with Crippen LogP contribution in [0.3, 0.4) is 0 Å². The molecule has 0 saturated heterocycles. The summed E-state index contributed by atoms with van der Waals surface area (Å²) in [6.07, 6.45) is 0. The average Bonchev–Trinajstić information content (AvgIpc) is 2.71. The molecule has 0 radical (unpaired) electrons. The molecule has 5 nitrogen and oxygen atoms in total. The first-order valence-electron chi connectivity index (χ1n) is 6.30. The number of primary amides is 1. The van der Waals surface area contributed by atoms with E-state index in [9.17, 15) is 9.59 Å². The van der Waals surface area contributed by atoms with Gasteiger partial charge in [-0.05, 0) is 50.2 Å². The zero-order valence-corrected chi connectivity index (χ0v) is 11.5. The van der Waals surface area contributed by atoms with Crippen LogP contribution in [0, 0.1) is 13.8 Å². The Morgan fingerprint density at radius 2 is 1.60 bits per heavy atom. The van der Waals surface area contributed by atoms with Crippen molar-refractivity contribution in [1.82, 2.24) is 4.57 Å². The quantitative estimate of drug-likeness (QED) is 0.890. The number of amides is 2. The van der Waals surface area contributed by atoms with Crippen molar-refractivity contribution < 1.29 is 9.59 Å². The van der Waals surface area contributed by atoms with Crippen molar-refractivity contribution in [2.24, 2.45) is 5.73 Å². The third-order valence-electron chi connectivity index (χ3n) is 3.17. The second-order valence-corrected chi connectivity index (χ2v) is 4.69. The maximum atomic E-state index is 12.0. The van der Waals surface area contributed by atoms with Crippen molar-refractivity contribution in [1.29, 1.82) is 0 Å². The highest BCUT2D eigenvalue weighted by Crippen LogP contribution is 2.11. The number of nitrogens with one attached hydrogen (secondary N) is 1. The van der Waals surface area contributed by atoms with Gasteiger partial charge >= 0.3 is 0 Å². The molecule has 0 saturated carbocycles. The van der Waals surface area contributed by atoms with E-state index in [0.29, 0.717) is 11.3 Å². The number of benzene rings is 1. The number of carbonyl (C=O) groups is 2. The van der Waals surface area contributed by atoms with E-state index >= 15 is 0 Å². The molecule has 0 aliphatic heterocycles. The monoisotopic (exact) mass is 271 g/mol. The molecule has 2 amide bonds. The van der Waals surface area contributed by atoms with Crippen molar-refractivity contribution in [3.05, 3.63) is 53.3 Å². The van der Waals surface area contributed by atoms with E-state index in [2.05, 4.69) is 5.32 Å². The number of aromatic nitrogens is 1. The van der Waals surface area contributed by atoms with Crippen molar-refractivity contribution in [3.8, 4) is 0 Å². The second-order valence-electron chi connectivity index (χ2n) is 4.69. The normalized spacial score (nSPS) is 10.3. The highest BCUT2D eigenvalue weighted by molar-refractivity contribution is 5.94. The van der Waals surface area contributed by atoms with Crippen LogP contribution in [-0.4, -0.2) is 16.4 Å². The van der Waals surface area contributed by atoms with Gasteiger partial charge in [-0.2, -0.15) is 0 Å². The summed E-state index contributed by atoms with van der Waals surface area (Å²) in [5.74, 6) is -0.597. The molecule has 0 atom stereocenters. The molecule has 5 heteroatoms. The van der Waals surface area contributed by atoms with E-state index < -0.39 is 5.91 Å². The molecule has 0 fully saturated rings. The van der Waals surface area contributed by atoms with E-state index in [0.717, 1.165) is 11.4 Å². The summed E-state index contributed by atoms with van der Waals surface area (Å²) in [7, 11) is 0. The predicted octanol–water partition coefficient (Wildman–Crippen LogP) is 1.84. The molecule has 1 aromatic heterocycles. The number of anilines is 1. The average molecular weight is 271 g/mol. The Balaban J connectivity index is 2.03. The Morgan fingerprint density at radius 1 is 1.05 bits per heavy atom. The largest absolute Gasteiger partial charge is 0.366 e. The van der Waals surface area contributed by atoms with Gasteiger partial charge in [-0.1, -0.05) is 0 Å². The minimum absolute atomic E-state index is 0.112. The van der Waals surface area contributed by atoms with Gasteiger partial charge in [0.05, 0.1) is 0 Å². The van der Waals surface area contributed by atoms with Crippen LogP contribution in [0.2, 0.25) is 0 Å². The fraction of sp³-hybridized carbons (Fsp3) is 0.200. The van der Waals surface area contributed by atoms with Crippen molar-refractivity contribution in [3.63, 3.8) is 0 Å². The molecule has 0 bridgehead atoms. The molecule has 0 aliphatic rings. The van der Waals surface area contributed by atoms with Crippen LogP contribution in [0.5, 0.6) is 0 Å². The zero-order valence-electron chi connectivity index (χ0n) is 11.5. The van der Waals surface area contributed by atoms with Crippen LogP contribution in [0.1, 0.15) is 21.7 Å². The first-order chi connectivity index (χ1) is 9.47. The molecular formula is C15H17N3O2. The van der Waals surface area contributed by atoms with Crippen LogP contribution in [0.25, 0.3) is 0 Å². The molecule has 20 heavy (non-hydrogen) atoms. The van der Waals surface area contributed by atoms with Gasteiger partial charge in [-0.25, -0.2) is 0 Å². The Labute approximate surface area is 117 Å². The number of hydrogen-bond donors (Lipinski definition) is 2. The second kappa shape index (κ2) is 5.61. The van der Waals surface area contributed by atoms with E-state index in [1.165, 1.54) is 0 Å². The lowest BCUT2D eigenvalue weighted by Crippen LogP contribution is -2.20. The number of hydrogen-bond acceptors (Lipinski definition) is 2. The molecule has 104 valence electrons. The van der Waals surface area contributed by atoms with E-state index in [1.807, 2.05) is 30.5 Å². The van der Waals surface area contributed by atoms with Gasteiger partial charge in [0.1, 0.15) is 6.54 Å². The Hall–Kier alpha value is -2.56. The van der Waals surface area contributed by atoms with Gasteiger partial charge in [-0.3, -0.25) is 9.59 Å². The summed E-state index contributed by atoms with van der Waals surface area (Å²) in [6.45, 7) is 4.19. The molecule has 1 aromatic carbocycles. The summed E-state index contributed by atoms with van der Waals surface area (Å²) >= 11 is 0. The number of nitrogens with zero attached hydrogens (tertiary/aromatic N) is 1. The van der Waals surface area contributed by atoms with Gasteiger partial charge in [0.2, 0.25) is 11.8 Å². The fourth-order valence-electron chi connectivity index (χ4n) is 2.01. The first kappa shape index (κ1) is 13.9. The standard InChI is InChI=1S/C15H17N3O2/c1-10-3-4-11(2)18(10)9-14(19)17-13-7-5-12(6-8-13)15(16)20/h3-8H,9H2,1-2H3,(H2,16,20)(H,17,19). The van der Waals surface area contributed by atoms with Crippen LogP contribution in [0.4, 0.5) is 5.69 Å². The Kier molecular flexibility index (Phi) is 3.89. The predicted molar refractivity (Wildman–Crippen MR) is 77.5 cm³/mol. The molecule has 2 aromatic rings. The SMILES string of the molecule is Cc1ccc(C)n1CC(=O)Nc1ccc(C(N)=O)cc1. The van der Waals surface area contributed by atoms with Gasteiger partial charge < -0.3 is 15.6 Å². The Morgan fingerprint density at radius 3 is 2.10 bits per heavy atom. The minimum Gasteiger partial charge on any atom is -0.366 e. The lowest BCUT2D eigenvalue weighted by Gasteiger charge is -2.10. The van der Waals surface area contributed by atoms with Crippen LogP contribution < -0.4 is 11.1 Å². The van der Waals surface area contributed by atoms with E-state index in [1.54, 1.807) is 24.3 Å². The third kappa shape index (κ3) is 3.06. The van der Waals surface area contributed by atoms with Gasteiger partial charge in [-0.15, -0.1) is 0 Å². The molecular weight excluding hydrogens is 254 g/mol. The molecule has 2 rings (SSSR count). The van der Waals surface area contributed by atoms with Crippen LogP contribution in [-0.2, 0) is 11.3 Å². The topological polar surface area (TPSA) is 77.1 Å². The van der Waals surface area contributed by atoms with Crippen LogP contribution in [0.15, 0.2) is 36.4 Å². The number of aryl methyl sites for hydroxylation is 2. The van der Waals surface area contributed by atoms with Crippen LogP contribution >= 0.6 is 0 Å². The maximum absolute atomic E-state index is 12.0. The van der Waals surface area contributed by atoms with Gasteiger partial charge in [0.15, 0.2) is 0 Å². The minimum atomic E-state index is -0.485. The number of nitrogens with two attached hydrogens (primary N) is 1. The third-order valence-corrected chi connectivity index (χ3v) is 3.17. The molecule has 1 heterocycles. The molecule has 0 unspecified atom stereocenters. The maximum Gasteiger partial charge on any atom is 0.248 e. The van der Waals surface area contributed by atoms with E-state index in [4.69, 9.17) is 5.73 Å². The Bertz CT molecular complexity index is 622. The molecule has 0 aliphatic carbocycles. The summed E-state index contributed by atoms with van der Waals surface area (Å²) in [4.78, 5) is 22.9. The smallest absolute Gasteiger partial charge is 0.248 e. The fourth-order valence-corrected chi connectivity index (χ4v) is 2.01. The lowest BCUT2D eigenvalue weighted by atomic mass is 10.2. The van der Waals surface area contributed by atoms with Crippen molar-refractivity contribution in [2.75, 3.05) is 5.32 Å². The first-order valence-corrected chi connectivity index (χ1v) is 6.30. The van der Waals surface area contributed by atoms with Crippen molar-refractivity contribution in [2.45, 2.75) is 20.4 Å². The molecule has 0 spiro atoms. The summed E-state index contributed by atoms with van der Waals surface area (Å²) in [5.41, 5.74) is 8.30. The lowest BCUT2D eigenvalue weighted by molar-refractivity contribution is -0.116. The summed E-state index contributed by atoms with van der Waals surface area (Å²) in [6, 6.07) is 10.4.